The van der Waals surface area contributed by atoms with Crippen LogP contribution in [0.1, 0.15) is 69.4 Å². The number of esters is 1. The molecular weight excluding hydrogens is 499 g/mol. The Balaban J connectivity index is 0.000000168. The van der Waals surface area contributed by atoms with Crippen LogP contribution in [0.15, 0.2) is 35.0 Å². The summed E-state index contributed by atoms with van der Waals surface area (Å²) in [5.41, 5.74) is 2.30. The third-order valence-electron chi connectivity index (χ3n) is 7.91. The summed E-state index contributed by atoms with van der Waals surface area (Å²) in [7, 11) is 2.13. The zero-order chi connectivity index (χ0) is 25.1. The van der Waals surface area contributed by atoms with Crippen molar-refractivity contribution in [1.29, 1.82) is 0 Å². The smallest absolute Gasteiger partial charge is 0.312 e. The average molecular weight is 538 g/mol. The van der Waals surface area contributed by atoms with E-state index >= 15 is 0 Å². The van der Waals surface area contributed by atoms with Crippen LogP contribution >= 0.6 is 34.5 Å². The van der Waals surface area contributed by atoms with Crippen molar-refractivity contribution in [2.45, 2.75) is 70.4 Å². The first-order valence-corrected chi connectivity index (χ1v) is 14.5. The van der Waals surface area contributed by atoms with Crippen molar-refractivity contribution in [3.63, 3.8) is 0 Å². The molecule has 192 valence electrons. The quantitative estimate of drug-likeness (QED) is 0.376. The van der Waals surface area contributed by atoms with Crippen molar-refractivity contribution in [2.75, 3.05) is 33.2 Å². The van der Waals surface area contributed by atoms with Gasteiger partial charge in [-0.2, -0.15) is 11.3 Å². The van der Waals surface area contributed by atoms with Crippen LogP contribution in [0.2, 0.25) is 10.0 Å². The number of carbonyl (C=O) groups excluding carboxylic acids is 1. The van der Waals surface area contributed by atoms with Crippen LogP contribution in [0, 0.1) is 5.41 Å². The largest absolute Gasteiger partial charge is 0.459 e. The van der Waals surface area contributed by atoms with Crippen LogP contribution in [0.25, 0.3) is 0 Å². The molecule has 1 aromatic heterocycles. The van der Waals surface area contributed by atoms with Gasteiger partial charge in [-0.25, -0.2) is 0 Å². The lowest BCUT2D eigenvalue weighted by Crippen LogP contribution is -2.42. The molecule has 2 aromatic rings. The topological polar surface area (TPSA) is 32.8 Å². The van der Waals surface area contributed by atoms with E-state index in [9.17, 15) is 4.79 Å². The number of likely N-dealkylation sites (tertiary alicyclic amines) is 2. The Morgan fingerprint density at radius 1 is 1.17 bits per heavy atom. The number of piperidine rings is 1. The van der Waals surface area contributed by atoms with Crippen molar-refractivity contribution in [1.82, 2.24) is 9.80 Å². The molecule has 0 N–H and O–H groups in total. The molecule has 0 amide bonds. The van der Waals surface area contributed by atoms with Gasteiger partial charge in [0.1, 0.15) is 5.60 Å². The molecule has 3 aliphatic heterocycles. The minimum Gasteiger partial charge on any atom is -0.459 e. The molecule has 1 spiro atoms. The van der Waals surface area contributed by atoms with E-state index < -0.39 is 0 Å². The summed E-state index contributed by atoms with van der Waals surface area (Å²) in [5.74, 6) is 0.719. The number of ether oxygens (including phenoxy) is 1. The van der Waals surface area contributed by atoms with Gasteiger partial charge in [0.2, 0.25) is 0 Å². The van der Waals surface area contributed by atoms with E-state index in [0.29, 0.717) is 10.9 Å². The molecule has 7 heteroatoms. The molecule has 4 heterocycles. The monoisotopic (exact) mass is 536 g/mol. The van der Waals surface area contributed by atoms with Gasteiger partial charge in [-0.3, -0.25) is 9.69 Å². The minimum absolute atomic E-state index is 0.0407. The molecule has 0 aliphatic carbocycles. The number of hydrogen-bond acceptors (Lipinski definition) is 5. The maximum Gasteiger partial charge on any atom is 0.312 e. The van der Waals surface area contributed by atoms with Gasteiger partial charge in [0.15, 0.2) is 0 Å². The number of nitrogens with zero attached hydrogens (tertiary/aromatic N) is 2. The first kappa shape index (κ1) is 26.9. The Bertz CT molecular complexity index is 991. The summed E-state index contributed by atoms with van der Waals surface area (Å²) in [6.07, 6.45) is 6.20. The number of halogens is 2. The Hall–Kier alpha value is -1.11. The lowest BCUT2D eigenvalue weighted by Gasteiger charge is -2.36. The molecule has 3 aliphatic rings. The first-order valence-electron chi connectivity index (χ1n) is 12.8. The van der Waals surface area contributed by atoms with Crippen LogP contribution < -0.4 is 0 Å². The predicted molar refractivity (Wildman–Crippen MR) is 147 cm³/mol. The average Bonchev–Trinajstić information content (AvgIpc) is 3.54. The van der Waals surface area contributed by atoms with Gasteiger partial charge in [0.25, 0.3) is 0 Å². The summed E-state index contributed by atoms with van der Waals surface area (Å²) < 4.78 is 5.74. The number of carbonyl (C=O) groups is 1. The highest BCUT2D eigenvalue weighted by molar-refractivity contribution is 7.08. The highest BCUT2D eigenvalue weighted by Gasteiger charge is 2.53. The summed E-state index contributed by atoms with van der Waals surface area (Å²) in [6, 6.07) is 8.01. The lowest BCUT2D eigenvalue weighted by molar-refractivity contribution is -0.156. The fraction of sp³-hybridized carbons (Fsp3) is 0.607. The predicted octanol–water partition coefficient (Wildman–Crippen LogP) is 7.25. The maximum atomic E-state index is 12.0. The van der Waals surface area contributed by atoms with Crippen LogP contribution in [-0.2, 0) is 16.1 Å². The summed E-state index contributed by atoms with van der Waals surface area (Å²) in [4.78, 5) is 16.8. The second-order valence-electron chi connectivity index (χ2n) is 10.9. The molecule has 3 saturated heterocycles. The van der Waals surface area contributed by atoms with Crippen molar-refractivity contribution in [3.8, 4) is 0 Å². The van der Waals surface area contributed by atoms with Crippen molar-refractivity contribution in [3.05, 3.63) is 56.2 Å². The van der Waals surface area contributed by atoms with Crippen LogP contribution in [0.3, 0.4) is 0 Å². The van der Waals surface area contributed by atoms with Gasteiger partial charge in [-0.15, -0.1) is 0 Å². The summed E-state index contributed by atoms with van der Waals surface area (Å²) in [6.45, 7) is 9.49. The van der Waals surface area contributed by atoms with E-state index in [1.165, 1.54) is 12.0 Å². The van der Waals surface area contributed by atoms with Gasteiger partial charge >= 0.3 is 5.97 Å². The van der Waals surface area contributed by atoms with Gasteiger partial charge in [-0.1, -0.05) is 42.6 Å². The molecule has 3 fully saturated rings. The molecule has 5 rings (SSSR count). The molecule has 1 unspecified atom stereocenters. The molecule has 4 nitrogen and oxygen atoms in total. The highest BCUT2D eigenvalue weighted by atomic mass is 35.5. The SMILES string of the molecule is CCCC1(C)CC2(CCN(C)CC2)OC1=O.Clc1ccc(CN2CC[C@@H](c3ccsc3)C2)c(Cl)c1. The zero-order valence-electron chi connectivity index (χ0n) is 21.2. The molecule has 0 saturated carbocycles. The van der Waals surface area contributed by atoms with E-state index in [1.54, 1.807) is 11.3 Å². The fourth-order valence-corrected chi connectivity index (χ4v) is 7.04. The Kier molecular flexibility index (Phi) is 8.86. The Labute approximate surface area is 224 Å². The first-order chi connectivity index (χ1) is 16.7. The molecule has 0 bridgehead atoms. The van der Waals surface area contributed by atoms with E-state index in [0.717, 1.165) is 75.4 Å². The third kappa shape index (κ3) is 6.61. The molecule has 2 atom stereocenters. The van der Waals surface area contributed by atoms with E-state index in [1.807, 2.05) is 18.2 Å². The van der Waals surface area contributed by atoms with E-state index in [4.69, 9.17) is 27.9 Å². The Morgan fingerprint density at radius 2 is 1.94 bits per heavy atom. The van der Waals surface area contributed by atoms with Gasteiger partial charge in [0, 0.05) is 42.6 Å². The summed E-state index contributed by atoms with van der Waals surface area (Å²) in [5, 5.41) is 5.90. The second-order valence-corrected chi connectivity index (χ2v) is 12.5. The van der Waals surface area contributed by atoms with Crippen LogP contribution in [-0.4, -0.2) is 54.6 Å². The number of hydrogen-bond donors (Lipinski definition) is 0. The van der Waals surface area contributed by atoms with Crippen molar-refractivity contribution in [2.24, 2.45) is 5.41 Å². The third-order valence-corrected chi connectivity index (χ3v) is 9.20. The van der Waals surface area contributed by atoms with Gasteiger partial charge < -0.3 is 9.64 Å². The van der Waals surface area contributed by atoms with Crippen LogP contribution in [0.5, 0.6) is 0 Å². The minimum atomic E-state index is -0.218. The lowest BCUT2D eigenvalue weighted by atomic mass is 9.75. The standard InChI is InChI=1S/C15H15Cl2NS.C13H23NO2/c16-14-2-1-12(15(17)7-14)9-18-5-3-11(8-18)13-4-6-19-10-13;1-4-5-12(2)10-13(16-11(12)15)6-8-14(3)9-7-13/h1-2,4,6-7,10-11H,3,5,8-9H2;4-10H2,1-3H3/t11-;/m1./s1. The summed E-state index contributed by atoms with van der Waals surface area (Å²) >= 11 is 13.9. The van der Waals surface area contributed by atoms with Crippen molar-refractivity contribution >= 4 is 40.5 Å². The van der Waals surface area contributed by atoms with Crippen molar-refractivity contribution < 1.29 is 9.53 Å². The molecular formula is C28H38Cl2N2O2S. The zero-order valence-corrected chi connectivity index (χ0v) is 23.5. The fourth-order valence-electron chi connectivity index (χ4n) is 5.83. The van der Waals surface area contributed by atoms with Gasteiger partial charge in [-0.05, 0) is 92.2 Å². The number of benzene rings is 1. The molecule has 1 aromatic carbocycles. The number of rotatable bonds is 5. The van der Waals surface area contributed by atoms with E-state index in [-0.39, 0.29) is 17.0 Å². The van der Waals surface area contributed by atoms with E-state index in [2.05, 4.69) is 47.5 Å². The molecule has 35 heavy (non-hydrogen) atoms. The molecule has 0 radical (unpaired) electrons. The highest BCUT2D eigenvalue weighted by Crippen LogP contribution is 2.47. The Morgan fingerprint density at radius 3 is 2.60 bits per heavy atom. The second kappa shape index (κ2) is 11.5. The van der Waals surface area contributed by atoms with Gasteiger partial charge in [0.05, 0.1) is 5.41 Å². The normalized spacial score (nSPS) is 26.5. The van der Waals surface area contributed by atoms with Crippen LogP contribution in [0.4, 0.5) is 0 Å². The maximum absolute atomic E-state index is 12.0. The number of thiophene rings is 1.